The zero-order chi connectivity index (χ0) is 14.1. The molecular weight excluding hydrogens is 232 g/mol. The Hall–Kier alpha value is -1.10. The SMILES string of the molecule is CCC(CC)NC(=O)C(C)N(CC)CCC(=O)O. The largest absolute Gasteiger partial charge is 0.481 e. The van der Waals surface area contributed by atoms with Crippen molar-refractivity contribution in [2.45, 2.75) is 59.0 Å². The van der Waals surface area contributed by atoms with Gasteiger partial charge < -0.3 is 10.4 Å². The Morgan fingerprint density at radius 1 is 1.22 bits per heavy atom. The number of nitrogens with zero attached hydrogens (tertiary/aromatic N) is 1. The number of rotatable bonds is 9. The number of likely N-dealkylation sites (N-methyl/N-ethyl adjacent to an activating group) is 1. The number of hydrogen-bond donors (Lipinski definition) is 2. The fourth-order valence-electron chi connectivity index (χ4n) is 1.85. The average Bonchev–Trinajstić information content (AvgIpc) is 2.35. The number of carboxylic acid groups (broad SMARTS) is 1. The Balaban J connectivity index is 4.34. The quantitative estimate of drug-likeness (QED) is 0.657. The maximum Gasteiger partial charge on any atom is 0.304 e. The van der Waals surface area contributed by atoms with Gasteiger partial charge in [0.2, 0.25) is 5.91 Å². The van der Waals surface area contributed by atoms with Crippen LogP contribution in [-0.2, 0) is 9.59 Å². The van der Waals surface area contributed by atoms with Crippen LogP contribution in [0.1, 0.15) is 47.0 Å². The second kappa shape index (κ2) is 8.91. The first-order chi connectivity index (χ1) is 8.46. The Morgan fingerprint density at radius 3 is 2.17 bits per heavy atom. The Morgan fingerprint density at radius 2 is 1.78 bits per heavy atom. The summed E-state index contributed by atoms with van der Waals surface area (Å²) < 4.78 is 0. The van der Waals surface area contributed by atoms with Crippen molar-refractivity contribution in [3.8, 4) is 0 Å². The molecule has 5 heteroatoms. The minimum atomic E-state index is -0.832. The third-order valence-corrected chi connectivity index (χ3v) is 3.28. The zero-order valence-corrected chi connectivity index (χ0v) is 11.9. The van der Waals surface area contributed by atoms with Crippen LogP contribution in [0.3, 0.4) is 0 Å². The van der Waals surface area contributed by atoms with Gasteiger partial charge >= 0.3 is 5.97 Å². The number of nitrogens with one attached hydrogen (secondary N) is 1. The fourth-order valence-corrected chi connectivity index (χ4v) is 1.85. The molecule has 0 aromatic rings. The minimum absolute atomic E-state index is 0.0176. The molecule has 1 unspecified atom stereocenters. The van der Waals surface area contributed by atoms with Gasteiger partial charge in [-0.3, -0.25) is 14.5 Å². The maximum atomic E-state index is 12.0. The van der Waals surface area contributed by atoms with Gasteiger partial charge in [-0.15, -0.1) is 0 Å². The van der Waals surface area contributed by atoms with Crippen LogP contribution in [0, 0.1) is 0 Å². The van der Waals surface area contributed by atoms with E-state index < -0.39 is 5.97 Å². The first-order valence-corrected chi connectivity index (χ1v) is 6.72. The molecule has 0 heterocycles. The summed E-state index contributed by atoms with van der Waals surface area (Å²) in [5.41, 5.74) is 0. The molecule has 1 amide bonds. The van der Waals surface area contributed by atoms with Gasteiger partial charge in [-0.1, -0.05) is 20.8 Å². The predicted octanol–water partition coefficient (Wildman–Crippen LogP) is 1.48. The summed E-state index contributed by atoms with van der Waals surface area (Å²) in [4.78, 5) is 24.5. The standard InChI is InChI=1S/C13H26N2O3/c1-5-11(6-2)14-13(18)10(4)15(7-3)9-8-12(16)17/h10-11H,5-9H2,1-4H3,(H,14,18)(H,16,17). The van der Waals surface area contributed by atoms with Gasteiger partial charge in [0.1, 0.15) is 0 Å². The van der Waals surface area contributed by atoms with Crippen molar-refractivity contribution in [2.75, 3.05) is 13.1 Å². The summed E-state index contributed by atoms with van der Waals surface area (Å²) in [6.45, 7) is 8.92. The molecule has 2 N–H and O–H groups in total. The molecule has 0 saturated carbocycles. The molecule has 0 aromatic heterocycles. The topological polar surface area (TPSA) is 69.6 Å². The summed E-state index contributed by atoms with van der Waals surface area (Å²) in [5.74, 6) is -0.850. The van der Waals surface area contributed by atoms with E-state index in [1.165, 1.54) is 0 Å². The number of carbonyl (C=O) groups excluding carboxylic acids is 1. The highest BCUT2D eigenvalue weighted by Crippen LogP contribution is 2.03. The predicted molar refractivity (Wildman–Crippen MR) is 71.5 cm³/mol. The van der Waals surface area contributed by atoms with Gasteiger partial charge in [0.25, 0.3) is 0 Å². The molecular formula is C13H26N2O3. The Labute approximate surface area is 110 Å². The highest BCUT2D eigenvalue weighted by Gasteiger charge is 2.21. The van der Waals surface area contributed by atoms with E-state index >= 15 is 0 Å². The van der Waals surface area contributed by atoms with Crippen molar-refractivity contribution in [1.29, 1.82) is 0 Å². The number of carboxylic acids is 1. The van der Waals surface area contributed by atoms with Crippen molar-refractivity contribution in [3.05, 3.63) is 0 Å². The van der Waals surface area contributed by atoms with E-state index in [2.05, 4.69) is 5.32 Å². The first kappa shape index (κ1) is 16.9. The van der Waals surface area contributed by atoms with Crippen molar-refractivity contribution in [3.63, 3.8) is 0 Å². The van der Waals surface area contributed by atoms with Gasteiger partial charge in [0.15, 0.2) is 0 Å². The van der Waals surface area contributed by atoms with E-state index in [1.54, 1.807) is 0 Å². The van der Waals surface area contributed by atoms with Crippen LogP contribution < -0.4 is 5.32 Å². The van der Waals surface area contributed by atoms with E-state index in [-0.39, 0.29) is 24.4 Å². The van der Waals surface area contributed by atoms with Crippen LogP contribution in [0.25, 0.3) is 0 Å². The van der Waals surface area contributed by atoms with Crippen molar-refractivity contribution in [1.82, 2.24) is 10.2 Å². The number of aliphatic carboxylic acids is 1. The summed E-state index contributed by atoms with van der Waals surface area (Å²) in [6, 6.07) is -0.0759. The molecule has 0 aliphatic rings. The van der Waals surface area contributed by atoms with Crippen LogP contribution in [0.4, 0.5) is 0 Å². The van der Waals surface area contributed by atoms with Crippen molar-refractivity contribution >= 4 is 11.9 Å². The minimum Gasteiger partial charge on any atom is -0.481 e. The molecule has 0 aliphatic heterocycles. The van der Waals surface area contributed by atoms with E-state index in [0.29, 0.717) is 13.1 Å². The van der Waals surface area contributed by atoms with E-state index in [1.807, 2.05) is 32.6 Å². The van der Waals surface area contributed by atoms with E-state index in [9.17, 15) is 9.59 Å². The van der Waals surface area contributed by atoms with Gasteiger partial charge in [-0.05, 0) is 26.3 Å². The maximum absolute atomic E-state index is 12.0. The van der Waals surface area contributed by atoms with Crippen molar-refractivity contribution < 1.29 is 14.7 Å². The third kappa shape index (κ3) is 6.00. The lowest BCUT2D eigenvalue weighted by Gasteiger charge is -2.28. The lowest BCUT2D eigenvalue weighted by molar-refractivity contribution is -0.138. The van der Waals surface area contributed by atoms with Crippen LogP contribution in [0.5, 0.6) is 0 Å². The molecule has 1 atom stereocenters. The average molecular weight is 258 g/mol. The van der Waals surface area contributed by atoms with Gasteiger partial charge in [0.05, 0.1) is 12.5 Å². The van der Waals surface area contributed by atoms with Gasteiger partial charge in [-0.2, -0.15) is 0 Å². The molecule has 0 radical (unpaired) electrons. The third-order valence-electron chi connectivity index (χ3n) is 3.28. The lowest BCUT2D eigenvalue weighted by atomic mass is 10.1. The second-order valence-electron chi connectivity index (χ2n) is 4.47. The normalized spacial score (nSPS) is 12.8. The monoisotopic (exact) mass is 258 g/mol. The first-order valence-electron chi connectivity index (χ1n) is 6.72. The van der Waals surface area contributed by atoms with Crippen LogP contribution in [0.2, 0.25) is 0 Å². The smallest absolute Gasteiger partial charge is 0.304 e. The van der Waals surface area contributed by atoms with Crippen molar-refractivity contribution in [2.24, 2.45) is 0 Å². The highest BCUT2D eigenvalue weighted by molar-refractivity contribution is 5.81. The molecule has 0 aromatic carbocycles. The summed E-state index contributed by atoms with van der Waals surface area (Å²) in [6.07, 6.45) is 1.89. The Bertz CT molecular complexity index is 265. The number of carbonyl (C=O) groups is 2. The molecule has 0 rings (SSSR count). The Kier molecular flexibility index (Phi) is 8.37. The zero-order valence-electron chi connectivity index (χ0n) is 11.9. The van der Waals surface area contributed by atoms with E-state index in [0.717, 1.165) is 12.8 Å². The number of amides is 1. The molecule has 0 spiro atoms. The van der Waals surface area contributed by atoms with Gasteiger partial charge in [0, 0.05) is 12.6 Å². The van der Waals surface area contributed by atoms with E-state index in [4.69, 9.17) is 5.11 Å². The summed E-state index contributed by atoms with van der Waals surface area (Å²) >= 11 is 0. The second-order valence-corrected chi connectivity index (χ2v) is 4.47. The summed E-state index contributed by atoms with van der Waals surface area (Å²) in [7, 11) is 0. The molecule has 5 nitrogen and oxygen atoms in total. The number of hydrogen-bond acceptors (Lipinski definition) is 3. The van der Waals surface area contributed by atoms with Crippen LogP contribution in [-0.4, -0.2) is 47.1 Å². The molecule has 0 aliphatic carbocycles. The van der Waals surface area contributed by atoms with Gasteiger partial charge in [-0.25, -0.2) is 0 Å². The molecule has 0 fully saturated rings. The molecule has 18 heavy (non-hydrogen) atoms. The highest BCUT2D eigenvalue weighted by atomic mass is 16.4. The summed E-state index contributed by atoms with van der Waals surface area (Å²) in [5, 5.41) is 11.7. The fraction of sp³-hybridized carbons (Fsp3) is 0.846. The van der Waals surface area contributed by atoms with Crippen LogP contribution >= 0.6 is 0 Å². The molecule has 106 valence electrons. The molecule has 0 saturated heterocycles. The van der Waals surface area contributed by atoms with Crippen LogP contribution in [0.15, 0.2) is 0 Å². The molecule has 0 bridgehead atoms. The lowest BCUT2D eigenvalue weighted by Crippen LogP contribution is -2.48.